The van der Waals surface area contributed by atoms with E-state index < -0.39 is 23.7 Å². The van der Waals surface area contributed by atoms with E-state index in [0.717, 1.165) is 28.3 Å². The minimum absolute atomic E-state index is 0.0232. The summed E-state index contributed by atoms with van der Waals surface area (Å²) in [5, 5.41) is 0. The van der Waals surface area contributed by atoms with Crippen molar-refractivity contribution in [2.24, 2.45) is 0 Å². The molecule has 0 radical (unpaired) electrons. The number of fused-ring (bicyclic) bond motifs is 3. The molecule has 0 saturated heterocycles. The minimum atomic E-state index is -1.13. The molecule has 0 fully saturated rings. The van der Waals surface area contributed by atoms with Crippen LogP contribution in [0.1, 0.15) is 40.7 Å². The predicted octanol–water partition coefficient (Wildman–Crippen LogP) is 5.94. The Bertz CT molecular complexity index is 1460. The van der Waals surface area contributed by atoms with Crippen molar-refractivity contribution >= 4 is 17.9 Å². The molecule has 9 heteroatoms. The lowest BCUT2D eigenvalue weighted by molar-refractivity contribution is -0.141. The smallest absolute Gasteiger partial charge is 0.366 e. The van der Waals surface area contributed by atoms with E-state index in [0.29, 0.717) is 35.8 Å². The molecule has 0 spiro atoms. The molecule has 1 aliphatic carbocycles. The van der Waals surface area contributed by atoms with E-state index in [-0.39, 0.29) is 25.7 Å². The van der Waals surface area contributed by atoms with Crippen molar-refractivity contribution in [3.8, 4) is 28.4 Å². The van der Waals surface area contributed by atoms with E-state index >= 15 is 0 Å². The average molecular weight is 561 g/mol. The summed E-state index contributed by atoms with van der Waals surface area (Å²) >= 11 is 0. The maximum atomic E-state index is 12.9. The Morgan fingerprint density at radius 3 is 2.15 bits per heavy atom. The normalized spacial score (nSPS) is 12.9. The molecule has 1 unspecified atom stereocenters. The molecule has 0 aliphatic heterocycles. The minimum Gasteiger partial charge on any atom is -0.493 e. The molecule has 0 N–H and O–H groups in total. The number of rotatable bonds is 13. The Morgan fingerprint density at radius 1 is 0.805 bits per heavy atom. The van der Waals surface area contributed by atoms with Gasteiger partial charge in [0.1, 0.15) is 30.5 Å². The number of halogens is 1. The molecule has 0 heterocycles. The Kier molecular flexibility index (Phi) is 9.52. The van der Waals surface area contributed by atoms with Crippen molar-refractivity contribution in [3.05, 3.63) is 102 Å². The third-order valence-corrected chi connectivity index (χ3v) is 6.34. The fourth-order valence-corrected chi connectivity index (χ4v) is 4.32. The van der Waals surface area contributed by atoms with Gasteiger partial charge in [-0.15, -0.1) is 0 Å². The average Bonchev–Trinajstić information content (AvgIpc) is 3.26. The first-order chi connectivity index (χ1) is 19.8. The van der Waals surface area contributed by atoms with Gasteiger partial charge >= 0.3 is 17.9 Å². The van der Waals surface area contributed by atoms with Crippen LogP contribution >= 0.6 is 0 Å². The van der Waals surface area contributed by atoms with Crippen molar-refractivity contribution in [2.75, 3.05) is 26.4 Å². The number of hydrogen-bond acceptors (Lipinski definition) is 8. The topological polar surface area (TPSA) is 97.4 Å². The lowest BCUT2D eigenvalue weighted by Gasteiger charge is -2.11. The Hall–Kier alpha value is -4.92. The molecule has 0 aromatic heterocycles. The molecule has 0 amide bonds. The quantitative estimate of drug-likeness (QED) is 0.110. The van der Waals surface area contributed by atoms with Crippen molar-refractivity contribution in [2.45, 2.75) is 19.3 Å². The second-order valence-electron chi connectivity index (χ2n) is 9.10. The maximum absolute atomic E-state index is 12.9. The highest BCUT2D eigenvalue weighted by Crippen LogP contribution is 2.46. The highest BCUT2D eigenvalue weighted by Gasteiger charge is 2.27. The Morgan fingerprint density at radius 2 is 1.44 bits per heavy atom. The third-order valence-electron chi connectivity index (χ3n) is 6.34. The van der Waals surface area contributed by atoms with Crippen molar-refractivity contribution in [3.63, 3.8) is 0 Å². The van der Waals surface area contributed by atoms with E-state index in [1.54, 1.807) is 30.3 Å². The SMILES string of the molecule is C=CC(=O)OCCOc1ccc(OC(=O)c2ccc3c(c2)C(C)c2cc(OCCCOC(=O)C(=C)F)ccc2-3)cc1. The number of ether oxygens (including phenoxy) is 5. The van der Waals surface area contributed by atoms with Gasteiger partial charge in [0, 0.05) is 18.4 Å². The summed E-state index contributed by atoms with van der Waals surface area (Å²) in [5.74, 6) is -1.61. The van der Waals surface area contributed by atoms with Gasteiger partial charge in [-0.2, -0.15) is 4.39 Å². The summed E-state index contributed by atoms with van der Waals surface area (Å²) in [4.78, 5) is 35.0. The second-order valence-corrected chi connectivity index (χ2v) is 9.10. The third kappa shape index (κ3) is 7.39. The van der Waals surface area contributed by atoms with Gasteiger partial charge in [-0.25, -0.2) is 14.4 Å². The standard InChI is InChI=1S/C32H29FO8/c1-4-30(34)39-17-16-38-23-7-9-24(10-8-23)41-32(36)22-6-12-26-27-13-11-25(19-29(27)20(2)28(26)18-22)37-14-5-15-40-31(35)21(3)33/h4,6-13,18-20H,1,3,5,14-17H2,2H3. The van der Waals surface area contributed by atoms with E-state index in [1.165, 1.54) is 0 Å². The lowest BCUT2D eigenvalue weighted by Crippen LogP contribution is -2.10. The van der Waals surface area contributed by atoms with Gasteiger partial charge in [-0.1, -0.05) is 32.2 Å². The monoisotopic (exact) mass is 560 g/mol. The van der Waals surface area contributed by atoms with Crippen LogP contribution in [0.4, 0.5) is 4.39 Å². The first-order valence-corrected chi connectivity index (χ1v) is 12.9. The molecular weight excluding hydrogens is 531 g/mol. The summed E-state index contributed by atoms with van der Waals surface area (Å²) < 4.78 is 39.1. The van der Waals surface area contributed by atoms with Crippen LogP contribution in [0.15, 0.2) is 85.7 Å². The van der Waals surface area contributed by atoms with Gasteiger partial charge in [0.25, 0.3) is 0 Å². The molecule has 1 atom stereocenters. The zero-order valence-electron chi connectivity index (χ0n) is 22.5. The van der Waals surface area contributed by atoms with Crippen LogP contribution < -0.4 is 14.2 Å². The van der Waals surface area contributed by atoms with Gasteiger partial charge in [0.15, 0.2) is 0 Å². The predicted molar refractivity (Wildman–Crippen MR) is 149 cm³/mol. The summed E-state index contributed by atoms with van der Waals surface area (Å²) in [6.07, 6.45) is 1.49. The highest BCUT2D eigenvalue weighted by molar-refractivity contribution is 5.93. The van der Waals surface area contributed by atoms with Gasteiger partial charge in [0.05, 0.1) is 18.8 Å². The summed E-state index contributed by atoms with van der Waals surface area (Å²) in [6.45, 7) is 8.87. The Balaban J connectivity index is 1.32. The first kappa shape index (κ1) is 29.1. The van der Waals surface area contributed by atoms with E-state index in [2.05, 4.69) is 20.1 Å². The summed E-state index contributed by atoms with van der Waals surface area (Å²) in [6, 6.07) is 17.9. The molecule has 3 aromatic rings. The van der Waals surface area contributed by atoms with Crippen LogP contribution in [0.25, 0.3) is 11.1 Å². The Labute approximate surface area is 236 Å². The summed E-state index contributed by atoms with van der Waals surface area (Å²) in [7, 11) is 0. The molecule has 8 nitrogen and oxygen atoms in total. The number of benzene rings is 3. The van der Waals surface area contributed by atoms with E-state index in [4.69, 9.17) is 23.7 Å². The van der Waals surface area contributed by atoms with E-state index in [1.807, 2.05) is 30.3 Å². The van der Waals surface area contributed by atoms with Crippen LogP contribution in [-0.2, 0) is 19.1 Å². The fraction of sp³-hybridized carbons (Fsp3) is 0.219. The number of carbonyl (C=O) groups is 3. The van der Waals surface area contributed by atoms with Crippen LogP contribution in [0.3, 0.4) is 0 Å². The summed E-state index contributed by atoms with van der Waals surface area (Å²) in [5.41, 5.74) is 4.60. The molecule has 0 bridgehead atoms. The fourth-order valence-electron chi connectivity index (χ4n) is 4.32. The maximum Gasteiger partial charge on any atom is 0.366 e. The number of esters is 3. The van der Waals surface area contributed by atoms with Gasteiger partial charge < -0.3 is 23.7 Å². The number of hydrogen-bond donors (Lipinski definition) is 0. The van der Waals surface area contributed by atoms with Gasteiger partial charge in [-0.05, 0) is 70.8 Å². The second kappa shape index (κ2) is 13.4. The lowest BCUT2D eigenvalue weighted by atomic mass is 9.98. The van der Waals surface area contributed by atoms with E-state index in [9.17, 15) is 18.8 Å². The zero-order valence-corrected chi connectivity index (χ0v) is 22.5. The van der Waals surface area contributed by atoms with Crippen molar-refractivity contribution < 1.29 is 42.5 Å². The van der Waals surface area contributed by atoms with Crippen molar-refractivity contribution in [1.82, 2.24) is 0 Å². The molecule has 4 rings (SSSR count). The molecule has 212 valence electrons. The van der Waals surface area contributed by atoms with Crippen LogP contribution in [0.5, 0.6) is 17.2 Å². The molecule has 0 saturated carbocycles. The first-order valence-electron chi connectivity index (χ1n) is 12.9. The van der Waals surface area contributed by atoms with Crippen LogP contribution in [0, 0.1) is 0 Å². The highest BCUT2D eigenvalue weighted by atomic mass is 19.1. The van der Waals surface area contributed by atoms with Crippen LogP contribution in [0.2, 0.25) is 0 Å². The molecular formula is C32H29FO8. The van der Waals surface area contributed by atoms with Crippen LogP contribution in [-0.4, -0.2) is 44.3 Å². The molecule has 3 aromatic carbocycles. The largest absolute Gasteiger partial charge is 0.493 e. The molecule has 1 aliphatic rings. The molecule has 41 heavy (non-hydrogen) atoms. The van der Waals surface area contributed by atoms with Gasteiger partial charge in [-0.3, -0.25) is 0 Å². The number of carbonyl (C=O) groups excluding carboxylic acids is 3. The van der Waals surface area contributed by atoms with Gasteiger partial charge in [0.2, 0.25) is 5.83 Å². The van der Waals surface area contributed by atoms with Crippen molar-refractivity contribution in [1.29, 1.82) is 0 Å². The zero-order chi connectivity index (χ0) is 29.4.